The Morgan fingerprint density at radius 2 is 2.03 bits per heavy atom. The Bertz CT molecular complexity index is 1160. The first-order chi connectivity index (χ1) is 15.2. The van der Waals surface area contributed by atoms with Crippen LogP contribution in [0.2, 0.25) is 4.34 Å². The number of ether oxygens (including phenoxy) is 1. The lowest BCUT2D eigenvalue weighted by molar-refractivity contribution is -0.0506. The first kappa shape index (κ1) is 22.9. The van der Waals surface area contributed by atoms with Gasteiger partial charge < -0.3 is 14.9 Å². The van der Waals surface area contributed by atoms with Gasteiger partial charge in [-0.15, -0.1) is 11.3 Å². The third kappa shape index (κ3) is 4.87. The number of hydrogen-bond acceptors (Lipinski definition) is 7. The van der Waals surface area contributed by atoms with Crippen LogP contribution in [0, 0.1) is 11.6 Å². The molecule has 1 amide bonds. The number of nitrogens with one attached hydrogen (secondary N) is 1. The van der Waals surface area contributed by atoms with E-state index in [1.807, 2.05) is 0 Å². The molecule has 1 aromatic carbocycles. The van der Waals surface area contributed by atoms with E-state index in [1.165, 1.54) is 16.4 Å². The molecule has 1 spiro atoms. The zero-order chi connectivity index (χ0) is 22.9. The van der Waals surface area contributed by atoms with Crippen molar-refractivity contribution in [3.05, 3.63) is 51.9 Å². The predicted octanol–water partition coefficient (Wildman–Crippen LogP) is 3.86. The lowest BCUT2D eigenvalue weighted by Gasteiger charge is -2.35. The largest absolute Gasteiger partial charge is 0.414 e. The fraction of sp³-hybridized carbons (Fsp3) is 0.368. The number of halogens is 3. The van der Waals surface area contributed by atoms with Crippen LogP contribution in [0.4, 0.5) is 13.6 Å². The van der Waals surface area contributed by atoms with Gasteiger partial charge in [0, 0.05) is 38.0 Å². The van der Waals surface area contributed by atoms with Crippen LogP contribution >= 0.6 is 22.9 Å². The van der Waals surface area contributed by atoms with Crippen LogP contribution in [-0.2, 0) is 26.1 Å². The van der Waals surface area contributed by atoms with Gasteiger partial charge in [0.1, 0.15) is 21.4 Å². The zero-order valence-corrected chi connectivity index (χ0v) is 18.9. The molecule has 13 heteroatoms. The smallest absolute Gasteiger partial charge is 0.392 e. The summed E-state index contributed by atoms with van der Waals surface area (Å²) in [6.45, 7) is 0.165. The summed E-state index contributed by atoms with van der Waals surface area (Å²) >= 11 is 6.85. The topological polar surface area (TPSA) is 97.3 Å². The molecule has 1 fully saturated rings. The number of carbonyl (C=O) groups excluding carboxylic acids is 1. The van der Waals surface area contributed by atoms with Crippen molar-refractivity contribution < 1.29 is 31.6 Å². The quantitative estimate of drug-likeness (QED) is 0.680. The van der Waals surface area contributed by atoms with Crippen molar-refractivity contribution in [1.29, 1.82) is 0 Å². The van der Waals surface area contributed by atoms with Crippen LogP contribution in [0.3, 0.4) is 0 Å². The van der Waals surface area contributed by atoms with Crippen molar-refractivity contribution in [3.63, 3.8) is 0 Å². The number of nitrogens with zero attached hydrogens (tertiary/aromatic N) is 2. The molecule has 1 aromatic heterocycles. The third-order valence-electron chi connectivity index (χ3n) is 5.23. The average molecular weight is 506 g/mol. The number of amides is 1. The van der Waals surface area contributed by atoms with E-state index in [-0.39, 0.29) is 41.7 Å². The first-order valence-electron chi connectivity index (χ1n) is 9.57. The van der Waals surface area contributed by atoms with Crippen LogP contribution in [0.25, 0.3) is 0 Å². The maximum atomic E-state index is 13.6. The number of rotatable bonds is 4. The number of alkyl carbamates (subject to hydrolysis) is 1. The molecule has 4 rings (SSSR count). The Morgan fingerprint density at radius 3 is 2.72 bits per heavy atom. The van der Waals surface area contributed by atoms with Gasteiger partial charge in [0.05, 0.1) is 10.8 Å². The van der Waals surface area contributed by atoms with E-state index in [4.69, 9.17) is 21.2 Å². The van der Waals surface area contributed by atoms with Gasteiger partial charge in [-0.3, -0.25) is 0 Å². The number of oxime groups is 1. The SMILES string of the molecule is O=C(NCc1cc(F)ccc1F)OC1=NOC2(CCN(S(=O)(=O)c3ccc(Cl)s3)CC2)C1. The van der Waals surface area contributed by atoms with E-state index in [0.29, 0.717) is 17.2 Å². The van der Waals surface area contributed by atoms with E-state index in [1.54, 1.807) is 0 Å². The second-order valence-corrected chi connectivity index (χ2v) is 11.3. The van der Waals surface area contributed by atoms with Crippen molar-refractivity contribution in [1.82, 2.24) is 9.62 Å². The molecule has 8 nitrogen and oxygen atoms in total. The van der Waals surface area contributed by atoms with Gasteiger partial charge in [-0.2, -0.15) is 4.31 Å². The molecule has 1 saturated heterocycles. The summed E-state index contributed by atoms with van der Waals surface area (Å²) in [5, 5.41) is 6.14. The molecule has 0 atom stereocenters. The van der Waals surface area contributed by atoms with Crippen LogP contribution in [0.1, 0.15) is 24.8 Å². The van der Waals surface area contributed by atoms with E-state index in [0.717, 1.165) is 29.5 Å². The Balaban J connectivity index is 1.28. The zero-order valence-electron chi connectivity index (χ0n) is 16.5. The van der Waals surface area contributed by atoms with Gasteiger partial charge in [-0.25, -0.2) is 22.0 Å². The molecular formula is C19H18ClF2N3O5S2. The van der Waals surface area contributed by atoms with Crippen molar-refractivity contribution in [2.24, 2.45) is 5.16 Å². The molecule has 1 N–H and O–H groups in total. The molecule has 172 valence electrons. The van der Waals surface area contributed by atoms with Crippen LogP contribution in [0.15, 0.2) is 39.7 Å². The highest BCUT2D eigenvalue weighted by molar-refractivity contribution is 7.91. The first-order valence-corrected chi connectivity index (χ1v) is 12.2. The standard InChI is InChI=1S/C19H18ClF2N3O5S2/c20-15-3-4-17(31-15)32(27,28)25-7-5-19(6-8-25)10-16(24-30-19)29-18(26)23-11-12-9-13(21)1-2-14(12)22/h1-4,9H,5-8,10-11H2,(H,23,26). The Morgan fingerprint density at radius 1 is 1.28 bits per heavy atom. The average Bonchev–Trinajstić information content (AvgIpc) is 3.36. The van der Waals surface area contributed by atoms with E-state index >= 15 is 0 Å². The van der Waals surface area contributed by atoms with Gasteiger partial charge in [0.2, 0.25) is 5.90 Å². The normalized spacial score (nSPS) is 18.3. The van der Waals surface area contributed by atoms with Crippen molar-refractivity contribution >= 4 is 45.0 Å². The molecule has 2 aliphatic heterocycles. The summed E-state index contributed by atoms with van der Waals surface area (Å²) in [6, 6.07) is 5.94. The summed E-state index contributed by atoms with van der Waals surface area (Å²) in [7, 11) is -3.64. The summed E-state index contributed by atoms with van der Waals surface area (Å²) in [4.78, 5) is 17.5. The molecule has 0 unspecified atom stereocenters. The second kappa shape index (κ2) is 8.93. The van der Waals surface area contributed by atoms with Gasteiger partial charge in [-0.1, -0.05) is 16.8 Å². The maximum Gasteiger partial charge on any atom is 0.414 e. The minimum absolute atomic E-state index is 0.0244. The highest BCUT2D eigenvalue weighted by atomic mass is 35.5. The fourth-order valence-electron chi connectivity index (χ4n) is 3.50. The van der Waals surface area contributed by atoms with Crippen molar-refractivity contribution in [2.75, 3.05) is 13.1 Å². The summed E-state index contributed by atoms with van der Waals surface area (Å²) in [5.74, 6) is -1.25. The fourth-order valence-corrected chi connectivity index (χ4v) is 6.58. The summed E-state index contributed by atoms with van der Waals surface area (Å²) in [6.07, 6.45) is 0.0194. The van der Waals surface area contributed by atoms with Gasteiger partial charge in [0.15, 0.2) is 0 Å². The Labute approximate surface area is 191 Å². The lowest BCUT2D eigenvalue weighted by atomic mass is 9.89. The van der Waals surface area contributed by atoms with Gasteiger partial charge >= 0.3 is 6.09 Å². The molecule has 0 saturated carbocycles. The molecule has 3 heterocycles. The minimum Gasteiger partial charge on any atom is -0.392 e. The molecule has 2 aromatic rings. The predicted molar refractivity (Wildman–Crippen MR) is 113 cm³/mol. The Hall–Kier alpha value is -2.28. The van der Waals surface area contributed by atoms with E-state index < -0.39 is 33.4 Å². The highest BCUT2D eigenvalue weighted by Crippen LogP contribution is 2.37. The van der Waals surface area contributed by atoms with Crippen LogP contribution < -0.4 is 5.32 Å². The molecular weight excluding hydrogens is 488 g/mol. The number of thiophene rings is 1. The maximum absolute atomic E-state index is 13.6. The summed E-state index contributed by atoms with van der Waals surface area (Å²) < 4.78 is 59.3. The van der Waals surface area contributed by atoms with Crippen molar-refractivity contribution in [3.8, 4) is 0 Å². The molecule has 0 bridgehead atoms. The van der Waals surface area contributed by atoms with E-state index in [2.05, 4.69) is 10.5 Å². The number of benzene rings is 1. The number of sulfonamides is 1. The van der Waals surface area contributed by atoms with Crippen molar-refractivity contribution in [2.45, 2.75) is 35.6 Å². The molecule has 0 aliphatic carbocycles. The van der Waals surface area contributed by atoms with Crippen LogP contribution in [0.5, 0.6) is 0 Å². The Kier molecular flexibility index (Phi) is 6.39. The molecule has 0 radical (unpaired) electrons. The van der Waals surface area contributed by atoms with E-state index in [9.17, 15) is 22.0 Å². The number of piperidine rings is 1. The number of hydrogen-bond donors (Lipinski definition) is 1. The van der Waals surface area contributed by atoms with Gasteiger partial charge in [0.25, 0.3) is 10.0 Å². The highest BCUT2D eigenvalue weighted by Gasteiger charge is 2.45. The monoisotopic (exact) mass is 505 g/mol. The van der Waals surface area contributed by atoms with Crippen LogP contribution in [-0.4, -0.2) is 43.4 Å². The lowest BCUT2D eigenvalue weighted by Crippen LogP contribution is -2.46. The molecule has 32 heavy (non-hydrogen) atoms. The summed E-state index contributed by atoms with van der Waals surface area (Å²) in [5.41, 5.74) is -0.785. The number of carbonyl (C=O) groups is 1. The van der Waals surface area contributed by atoms with Gasteiger partial charge in [-0.05, 0) is 30.3 Å². The third-order valence-corrected chi connectivity index (χ3v) is 8.83. The minimum atomic E-state index is -3.64. The second-order valence-electron chi connectivity index (χ2n) is 7.38. The molecule has 2 aliphatic rings.